The summed E-state index contributed by atoms with van der Waals surface area (Å²) in [6, 6.07) is 0. The van der Waals surface area contributed by atoms with Crippen LogP contribution in [0.5, 0.6) is 5.75 Å². The lowest BCUT2D eigenvalue weighted by atomic mass is 9.98. The highest BCUT2D eigenvalue weighted by Gasteiger charge is 2.13. The van der Waals surface area contributed by atoms with Gasteiger partial charge in [0.05, 0.1) is 7.11 Å². The van der Waals surface area contributed by atoms with Crippen LogP contribution in [0.2, 0.25) is 0 Å². The van der Waals surface area contributed by atoms with Crippen molar-refractivity contribution in [1.29, 1.82) is 0 Å². The zero-order valence-corrected chi connectivity index (χ0v) is 11.9. The molecule has 1 rings (SSSR count). The van der Waals surface area contributed by atoms with Crippen molar-refractivity contribution in [1.82, 2.24) is 9.97 Å². The van der Waals surface area contributed by atoms with Crippen LogP contribution in [0.1, 0.15) is 27.7 Å². The summed E-state index contributed by atoms with van der Waals surface area (Å²) >= 11 is 0. The molecular weight excluding hydrogens is 228 g/mol. The molecule has 0 saturated heterocycles. The van der Waals surface area contributed by atoms with Crippen LogP contribution < -0.4 is 15.4 Å². The molecule has 0 amide bonds. The Hall–Kier alpha value is -1.52. The number of rotatable bonds is 7. The molecule has 5 nitrogen and oxygen atoms in total. The Morgan fingerprint density at radius 1 is 1.17 bits per heavy atom. The number of nitrogens with one attached hydrogen (secondary N) is 2. The summed E-state index contributed by atoms with van der Waals surface area (Å²) in [4.78, 5) is 8.41. The van der Waals surface area contributed by atoms with Gasteiger partial charge in [-0.3, -0.25) is 0 Å². The highest BCUT2D eigenvalue weighted by molar-refractivity contribution is 5.63. The fourth-order valence-electron chi connectivity index (χ4n) is 1.48. The lowest BCUT2D eigenvalue weighted by molar-refractivity contribution is 0.411. The smallest absolute Gasteiger partial charge is 0.204 e. The van der Waals surface area contributed by atoms with E-state index in [4.69, 9.17) is 4.74 Å². The Bertz CT molecular complexity index is 368. The maximum Gasteiger partial charge on any atom is 0.204 e. The minimum atomic E-state index is 0.576. The van der Waals surface area contributed by atoms with Gasteiger partial charge in [-0.05, 0) is 18.8 Å². The molecule has 0 spiro atoms. The average molecular weight is 252 g/mol. The summed E-state index contributed by atoms with van der Waals surface area (Å²) in [5.74, 6) is 3.37. The quantitative estimate of drug-likeness (QED) is 0.781. The fourth-order valence-corrected chi connectivity index (χ4v) is 1.48. The van der Waals surface area contributed by atoms with E-state index < -0.39 is 0 Å². The summed E-state index contributed by atoms with van der Waals surface area (Å²) in [6.07, 6.45) is 1.54. The minimum absolute atomic E-state index is 0.576. The average Bonchev–Trinajstić information content (AvgIpc) is 2.36. The van der Waals surface area contributed by atoms with Gasteiger partial charge in [-0.2, -0.15) is 0 Å². The standard InChI is InChI=1S/C13H24N4O/c1-6-14-12-11(18-5)13(17-8-16-12)15-7-10(4)9(2)3/h8-10H,6-7H2,1-5H3,(H2,14,15,16,17). The molecule has 5 heteroatoms. The SMILES string of the molecule is CCNc1ncnc(NCC(C)C(C)C)c1OC. The molecule has 18 heavy (non-hydrogen) atoms. The molecule has 0 aromatic carbocycles. The third-order valence-corrected chi connectivity index (χ3v) is 3.08. The van der Waals surface area contributed by atoms with Gasteiger partial charge in [0, 0.05) is 13.1 Å². The van der Waals surface area contributed by atoms with Crippen LogP contribution >= 0.6 is 0 Å². The van der Waals surface area contributed by atoms with Crippen molar-refractivity contribution in [2.24, 2.45) is 11.8 Å². The van der Waals surface area contributed by atoms with Crippen LogP contribution in [-0.4, -0.2) is 30.2 Å². The van der Waals surface area contributed by atoms with Crippen molar-refractivity contribution in [2.45, 2.75) is 27.7 Å². The molecule has 1 aromatic rings. The van der Waals surface area contributed by atoms with Crippen molar-refractivity contribution < 1.29 is 4.74 Å². The second kappa shape index (κ2) is 7.03. The van der Waals surface area contributed by atoms with Crippen molar-refractivity contribution in [3.05, 3.63) is 6.33 Å². The Morgan fingerprint density at radius 2 is 1.78 bits per heavy atom. The molecule has 2 N–H and O–H groups in total. The van der Waals surface area contributed by atoms with E-state index in [0.29, 0.717) is 17.6 Å². The van der Waals surface area contributed by atoms with Crippen LogP contribution in [0.15, 0.2) is 6.33 Å². The predicted molar refractivity (Wildman–Crippen MR) is 75.2 cm³/mol. The highest BCUT2D eigenvalue weighted by atomic mass is 16.5. The third kappa shape index (κ3) is 3.75. The molecular formula is C13H24N4O. The van der Waals surface area contributed by atoms with Crippen LogP contribution in [0.25, 0.3) is 0 Å². The van der Waals surface area contributed by atoms with Gasteiger partial charge in [0.1, 0.15) is 6.33 Å². The largest absolute Gasteiger partial charge is 0.490 e. The number of hydrogen-bond acceptors (Lipinski definition) is 5. The number of anilines is 2. The van der Waals surface area contributed by atoms with Crippen LogP contribution in [-0.2, 0) is 0 Å². The molecule has 0 aliphatic rings. The predicted octanol–water partition coefficient (Wildman–Crippen LogP) is 2.62. The molecule has 102 valence electrons. The van der Waals surface area contributed by atoms with E-state index in [1.807, 2.05) is 6.92 Å². The number of aromatic nitrogens is 2. The molecule has 0 bridgehead atoms. The van der Waals surface area contributed by atoms with Gasteiger partial charge in [-0.15, -0.1) is 0 Å². The number of hydrogen-bond donors (Lipinski definition) is 2. The number of ether oxygens (including phenoxy) is 1. The second-order valence-electron chi connectivity index (χ2n) is 4.74. The first-order valence-corrected chi connectivity index (χ1v) is 6.46. The van der Waals surface area contributed by atoms with E-state index in [9.17, 15) is 0 Å². The summed E-state index contributed by atoms with van der Waals surface area (Å²) < 4.78 is 5.37. The zero-order chi connectivity index (χ0) is 13.5. The van der Waals surface area contributed by atoms with Crippen LogP contribution in [0.4, 0.5) is 11.6 Å². The molecule has 0 aliphatic heterocycles. The first kappa shape index (κ1) is 14.5. The molecule has 1 heterocycles. The van der Waals surface area contributed by atoms with E-state index in [1.54, 1.807) is 13.4 Å². The first-order valence-electron chi connectivity index (χ1n) is 6.46. The van der Waals surface area contributed by atoms with E-state index in [0.717, 1.165) is 24.7 Å². The van der Waals surface area contributed by atoms with Crippen molar-refractivity contribution in [3.63, 3.8) is 0 Å². The second-order valence-corrected chi connectivity index (χ2v) is 4.74. The van der Waals surface area contributed by atoms with E-state index in [2.05, 4.69) is 41.4 Å². The Balaban J connectivity index is 2.78. The topological polar surface area (TPSA) is 59.1 Å². The maximum atomic E-state index is 5.37. The molecule has 0 radical (unpaired) electrons. The Kier molecular flexibility index (Phi) is 5.68. The number of methoxy groups -OCH3 is 1. The first-order chi connectivity index (χ1) is 8.60. The molecule has 1 atom stereocenters. The van der Waals surface area contributed by atoms with Crippen LogP contribution in [0, 0.1) is 11.8 Å². The van der Waals surface area contributed by atoms with Gasteiger partial charge in [-0.1, -0.05) is 20.8 Å². The van der Waals surface area contributed by atoms with Crippen molar-refractivity contribution >= 4 is 11.6 Å². The van der Waals surface area contributed by atoms with Crippen molar-refractivity contribution in [3.8, 4) is 5.75 Å². The number of nitrogens with zero attached hydrogens (tertiary/aromatic N) is 2. The lowest BCUT2D eigenvalue weighted by Gasteiger charge is -2.18. The van der Waals surface area contributed by atoms with Gasteiger partial charge in [0.15, 0.2) is 11.6 Å². The van der Waals surface area contributed by atoms with Crippen LogP contribution in [0.3, 0.4) is 0 Å². The van der Waals surface area contributed by atoms with E-state index >= 15 is 0 Å². The summed E-state index contributed by atoms with van der Waals surface area (Å²) in [5.41, 5.74) is 0. The molecule has 1 aromatic heterocycles. The van der Waals surface area contributed by atoms with E-state index in [1.165, 1.54) is 0 Å². The highest BCUT2D eigenvalue weighted by Crippen LogP contribution is 2.29. The normalized spacial score (nSPS) is 12.3. The zero-order valence-electron chi connectivity index (χ0n) is 11.9. The summed E-state index contributed by atoms with van der Waals surface area (Å²) in [6.45, 7) is 10.3. The van der Waals surface area contributed by atoms with Gasteiger partial charge in [-0.25, -0.2) is 9.97 Å². The molecule has 0 fully saturated rings. The molecule has 0 saturated carbocycles. The van der Waals surface area contributed by atoms with Gasteiger partial charge in [0.2, 0.25) is 5.75 Å². The summed E-state index contributed by atoms with van der Waals surface area (Å²) in [7, 11) is 1.64. The Labute approximate surface area is 109 Å². The van der Waals surface area contributed by atoms with Crippen molar-refractivity contribution in [2.75, 3.05) is 30.8 Å². The van der Waals surface area contributed by atoms with Gasteiger partial charge < -0.3 is 15.4 Å². The molecule has 1 unspecified atom stereocenters. The lowest BCUT2D eigenvalue weighted by Crippen LogP contribution is -2.17. The third-order valence-electron chi connectivity index (χ3n) is 3.08. The minimum Gasteiger partial charge on any atom is -0.490 e. The Morgan fingerprint density at radius 3 is 2.28 bits per heavy atom. The van der Waals surface area contributed by atoms with Gasteiger partial charge >= 0.3 is 0 Å². The van der Waals surface area contributed by atoms with E-state index in [-0.39, 0.29) is 0 Å². The monoisotopic (exact) mass is 252 g/mol. The summed E-state index contributed by atoms with van der Waals surface area (Å²) in [5, 5.41) is 6.49. The maximum absolute atomic E-state index is 5.37. The fraction of sp³-hybridized carbons (Fsp3) is 0.692. The van der Waals surface area contributed by atoms with Gasteiger partial charge in [0.25, 0.3) is 0 Å². The molecule has 0 aliphatic carbocycles.